The smallest absolute Gasteiger partial charge is 0.167 e. The van der Waals surface area contributed by atoms with Crippen molar-refractivity contribution < 1.29 is 14.2 Å². The third kappa shape index (κ3) is 2.51. The van der Waals surface area contributed by atoms with Crippen LogP contribution in [-0.4, -0.2) is 31.9 Å². The van der Waals surface area contributed by atoms with Crippen molar-refractivity contribution >= 4 is 11.4 Å². The predicted molar refractivity (Wildman–Crippen MR) is 69.4 cm³/mol. The van der Waals surface area contributed by atoms with Gasteiger partial charge in [0.15, 0.2) is 11.6 Å². The number of hydrogen-bond donors (Lipinski definition) is 2. The zero-order chi connectivity index (χ0) is 13.1. The lowest BCUT2D eigenvalue weighted by atomic mass is 10.1. The van der Waals surface area contributed by atoms with Gasteiger partial charge in [-0.05, 0) is 18.8 Å². The lowest BCUT2D eigenvalue weighted by Gasteiger charge is -2.21. The maximum atomic E-state index is 13.5. The number of aliphatic hydroxyl groups excluding tert-OH is 1. The number of hydrogen-bond acceptors (Lipinski definition) is 4. The summed E-state index contributed by atoms with van der Waals surface area (Å²) in [6.45, 7) is 1.93. The van der Waals surface area contributed by atoms with Crippen molar-refractivity contribution in [2.24, 2.45) is 5.92 Å². The molecule has 1 aromatic rings. The Kier molecular flexibility index (Phi) is 3.91. The van der Waals surface area contributed by atoms with Crippen LogP contribution in [0.1, 0.15) is 12.8 Å². The summed E-state index contributed by atoms with van der Waals surface area (Å²) in [5.74, 6) is 0.250. The second-order valence-electron chi connectivity index (χ2n) is 4.66. The quantitative estimate of drug-likeness (QED) is 0.802. The summed E-state index contributed by atoms with van der Waals surface area (Å²) >= 11 is 0. The molecule has 4 nitrogen and oxygen atoms in total. The van der Waals surface area contributed by atoms with E-state index in [1.807, 2.05) is 0 Å². The van der Waals surface area contributed by atoms with Crippen molar-refractivity contribution in [2.45, 2.75) is 12.8 Å². The van der Waals surface area contributed by atoms with E-state index in [0.29, 0.717) is 11.6 Å². The van der Waals surface area contributed by atoms with Gasteiger partial charge in [-0.15, -0.1) is 0 Å². The minimum absolute atomic E-state index is 0.209. The summed E-state index contributed by atoms with van der Waals surface area (Å²) in [5.41, 5.74) is 7.10. The Morgan fingerprint density at radius 3 is 3.00 bits per heavy atom. The Balaban J connectivity index is 2.18. The van der Waals surface area contributed by atoms with Gasteiger partial charge in [0.2, 0.25) is 0 Å². The summed E-state index contributed by atoms with van der Waals surface area (Å²) < 4.78 is 18.4. The fourth-order valence-electron chi connectivity index (χ4n) is 2.46. The molecule has 5 heteroatoms. The topological polar surface area (TPSA) is 58.7 Å². The molecule has 1 heterocycles. The van der Waals surface area contributed by atoms with Crippen LogP contribution in [-0.2, 0) is 0 Å². The van der Waals surface area contributed by atoms with Crippen LogP contribution >= 0.6 is 0 Å². The van der Waals surface area contributed by atoms with Crippen LogP contribution in [0.4, 0.5) is 15.8 Å². The summed E-state index contributed by atoms with van der Waals surface area (Å²) in [4.78, 5) is 2.12. The maximum Gasteiger partial charge on any atom is 0.167 e. The monoisotopic (exact) mass is 254 g/mol. The third-order valence-corrected chi connectivity index (χ3v) is 3.46. The average molecular weight is 254 g/mol. The molecule has 1 unspecified atom stereocenters. The highest BCUT2D eigenvalue weighted by Gasteiger charge is 2.24. The molecular formula is C13H19FN2O2. The van der Waals surface area contributed by atoms with Crippen LogP contribution < -0.4 is 15.4 Å². The van der Waals surface area contributed by atoms with Gasteiger partial charge in [-0.2, -0.15) is 0 Å². The predicted octanol–water partition coefficient (Wildman–Crippen LogP) is 1.63. The Bertz CT molecular complexity index is 426. The third-order valence-electron chi connectivity index (χ3n) is 3.46. The lowest BCUT2D eigenvalue weighted by Crippen LogP contribution is -2.21. The van der Waals surface area contributed by atoms with Gasteiger partial charge in [0.25, 0.3) is 0 Å². The number of aliphatic hydroxyl groups is 1. The van der Waals surface area contributed by atoms with E-state index in [-0.39, 0.29) is 12.4 Å². The van der Waals surface area contributed by atoms with E-state index in [2.05, 4.69) is 4.90 Å². The standard InChI is InChI=1S/C13H19FN2O2/c1-18-13-7-12(11(15)6-10(13)14)16-4-2-9(8-16)3-5-17/h6-7,9,17H,2-5,8,15H2,1H3. The van der Waals surface area contributed by atoms with Crippen LogP contribution in [0.25, 0.3) is 0 Å². The van der Waals surface area contributed by atoms with Gasteiger partial charge >= 0.3 is 0 Å². The van der Waals surface area contributed by atoms with Crippen molar-refractivity contribution in [3.63, 3.8) is 0 Å². The molecule has 18 heavy (non-hydrogen) atoms. The summed E-state index contributed by atoms with van der Waals surface area (Å²) in [6.07, 6.45) is 1.83. The lowest BCUT2D eigenvalue weighted by molar-refractivity contribution is 0.263. The Morgan fingerprint density at radius 1 is 1.56 bits per heavy atom. The minimum Gasteiger partial charge on any atom is -0.494 e. The van der Waals surface area contributed by atoms with E-state index in [0.717, 1.165) is 31.6 Å². The minimum atomic E-state index is -0.440. The van der Waals surface area contributed by atoms with E-state index in [1.54, 1.807) is 6.07 Å². The zero-order valence-electron chi connectivity index (χ0n) is 10.5. The van der Waals surface area contributed by atoms with Crippen LogP contribution in [0.2, 0.25) is 0 Å². The first-order valence-electron chi connectivity index (χ1n) is 6.14. The maximum absolute atomic E-state index is 13.5. The van der Waals surface area contributed by atoms with Gasteiger partial charge in [-0.3, -0.25) is 0 Å². The second kappa shape index (κ2) is 5.44. The number of benzene rings is 1. The van der Waals surface area contributed by atoms with E-state index in [1.165, 1.54) is 13.2 Å². The molecule has 0 spiro atoms. The van der Waals surface area contributed by atoms with Crippen molar-refractivity contribution in [1.82, 2.24) is 0 Å². The van der Waals surface area contributed by atoms with Gasteiger partial charge in [-0.25, -0.2) is 4.39 Å². The number of nitrogens with zero attached hydrogens (tertiary/aromatic N) is 1. The molecule has 1 saturated heterocycles. The average Bonchev–Trinajstić information content (AvgIpc) is 2.78. The molecule has 2 rings (SSSR count). The van der Waals surface area contributed by atoms with Gasteiger partial charge in [-0.1, -0.05) is 0 Å². The molecule has 0 amide bonds. The van der Waals surface area contributed by atoms with Crippen molar-refractivity contribution in [1.29, 1.82) is 0 Å². The van der Waals surface area contributed by atoms with Crippen LogP contribution in [0.5, 0.6) is 5.75 Å². The van der Waals surface area contributed by atoms with Crippen molar-refractivity contribution in [3.8, 4) is 5.75 Å². The number of halogens is 1. The summed E-state index contributed by atoms with van der Waals surface area (Å²) in [6, 6.07) is 2.94. The molecule has 1 fully saturated rings. The first-order chi connectivity index (χ1) is 8.65. The van der Waals surface area contributed by atoms with Gasteiger partial charge < -0.3 is 20.5 Å². The Morgan fingerprint density at radius 2 is 2.33 bits per heavy atom. The zero-order valence-corrected chi connectivity index (χ0v) is 10.5. The number of nitrogen functional groups attached to an aromatic ring is 1. The molecule has 0 bridgehead atoms. The van der Waals surface area contributed by atoms with E-state index in [4.69, 9.17) is 15.6 Å². The van der Waals surface area contributed by atoms with Gasteiger partial charge in [0.1, 0.15) is 0 Å². The molecule has 0 saturated carbocycles. The molecule has 3 N–H and O–H groups in total. The van der Waals surface area contributed by atoms with Gasteiger partial charge in [0, 0.05) is 31.8 Å². The SMILES string of the molecule is COc1cc(N2CCC(CCO)C2)c(N)cc1F. The molecule has 0 radical (unpaired) electrons. The van der Waals surface area contributed by atoms with Gasteiger partial charge in [0.05, 0.1) is 18.5 Å². The molecule has 1 atom stereocenters. The summed E-state index contributed by atoms with van der Waals surface area (Å²) in [7, 11) is 1.44. The first-order valence-corrected chi connectivity index (χ1v) is 6.14. The number of rotatable bonds is 4. The number of nitrogens with two attached hydrogens (primary N) is 1. The van der Waals surface area contributed by atoms with Crippen molar-refractivity contribution in [2.75, 3.05) is 37.4 Å². The second-order valence-corrected chi connectivity index (χ2v) is 4.66. The molecule has 1 aliphatic heterocycles. The van der Waals surface area contributed by atoms with E-state index < -0.39 is 5.82 Å². The summed E-state index contributed by atoms with van der Waals surface area (Å²) in [5, 5.41) is 8.94. The van der Waals surface area contributed by atoms with E-state index in [9.17, 15) is 4.39 Å². The molecule has 0 aromatic heterocycles. The molecular weight excluding hydrogens is 235 g/mol. The largest absolute Gasteiger partial charge is 0.494 e. The van der Waals surface area contributed by atoms with Crippen molar-refractivity contribution in [3.05, 3.63) is 17.9 Å². The fraction of sp³-hybridized carbons (Fsp3) is 0.538. The highest BCUT2D eigenvalue weighted by atomic mass is 19.1. The number of methoxy groups -OCH3 is 1. The first kappa shape index (κ1) is 13.0. The van der Waals surface area contributed by atoms with Crippen LogP contribution in [0.3, 0.4) is 0 Å². The number of anilines is 2. The Labute approximate surface area is 106 Å². The van der Waals surface area contributed by atoms with E-state index >= 15 is 0 Å². The molecule has 1 aliphatic rings. The fourth-order valence-corrected chi connectivity index (χ4v) is 2.46. The molecule has 0 aliphatic carbocycles. The Hall–Kier alpha value is -1.49. The number of ether oxygens (including phenoxy) is 1. The molecule has 1 aromatic carbocycles. The molecule has 100 valence electrons. The highest BCUT2D eigenvalue weighted by molar-refractivity contribution is 5.70. The van der Waals surface area contributed by atoms with Crippen LogP contribution in [0, 0.1) is 11.7 Å². The normalized spacial score (nSPS) is 19.3. The van der Waals surface area contributed by atoms with Crippen LogP contribution in [0.15, 0.2) is 12.1 Å². The highest BCUT2D eigenvalue weighted by Crippen LogP contribution is 2.34.